The van der Waals surface area contributed by atoms with Gasteiger partial charge >= 0.3 is 5.69 Å². The highest BCUT2D eigenvalue weighted by Gasteiger charge is 2.28. The van der Waals surface area contributed by atoms with Crippen molar-refractivity contribution in [2.75, 3.05) is 5.75 Å². The number of thioether (sulfide) groups is 1. The van der Waals surface area contributed by atoms with Crippen LogP contribution in [-0.4, -0.2) is 26.3 Å². The van der Waals surface area contributed by atoms with Gasteiger partial charge in [0, 0.05) is 11.6 Å². The van der Waals surface area contributed by atoms with Crippen molar-refractivity contribution in [2.45, 2.75) is 24.0 Å². The zero-order chi connectivity index (χ0) is 15.0. The molecule has 1 aromatic heterocycles. The second-order valence-corrected chi connectivity index (χ2v) is 6.51. The number of carbonyl (C=O) groups is 1. The van der Waals surface area contributed by atoms with Gasteiger partial charge in [0.05, 0.1) is 15.8 Å². The van der Waals surface area contributed by atoms with E-state index in [1.165, 1.54) is 11.8 Å². The van der Waals surface area contributed by atoms with Gasteiger partial charge in [0.25, 0.3) is 0 Å². The summed E-state index contributed by atoms with van der Waals surface area (Å²) in [5.41, 5.74) is 0.273. The molecule has 1 aromatic carbocycles. The van der Waals surface area contributed by atoms with Gasteiger partial charge in [-0.15, -0.1) is 5.10 Å². The van der Waals surface area contributed by atoms with Crippen LogP contribution in [0.3, 0.4) is 0 Å². The van der Waals surface area contributed by atoms with E-state index in [1.807, 2.05) is 0 Å². The van der Waals surface area contributed by atoms with Crippen molar-refractivity contribution in [1.29, 1.82) is 0 Å². The quantitative estimate of drug-likeness (QED) is 0.668. The third-order valence-electron chi connectivity index (χ3n) is 3.16. The Bertz CT molecular complexity index is 752. The highest BCUT2D eigenvalue weighted by Crippen LogP contribution is 2.36. The fraction of sp³-hybridized carbons (Fsp3) is 0.308. The van der Waals surface area contributed by atoms with E-state index >= 15 is 0 Å². The van der Waals surface area contributed by atoms with Crippen molar-refractivity contribution in [3.8, 4) is 0 Å². The molecule has 1 fully saturated rings. The summed E-state index contributed by atoms with van der Waals surface area (Å²) >= 11 is 13.0. The molecule has 1 aliphatic carbocycles. The summed E-state index contributed by atoms with van der Waals surface area (Å²) in [6.45, 7) is 0. The molecule has 0 radical (unpaired) electrons. The van der Waals surface area contributed by atoms with Crippen LogP contribution in [0.2, 0.25) is 10.0 Å². The summed E-state index contributed by atoms with van der Waals surface area (Å²) in [6, 6.07) is 5.00. The normalized spacial score (nSPS) is 14.4. The highest BCUT2D eigenvalue weighted by atomic mass is 35.5. The second kappa shape index (κ2) is 5.87. The predicted molar refractivity (Wildman–Crippen MR) is 82.6 cm³/mol. The van der Waals surface area contributed by atoms with Crippen LogP contribution in [0.25, 0.3) is 0 Å². The molecule has 110 valence electrons. The minimum Gasteiger partial charge on any atom is -0.293 e. The smallest absolute Gasteiger partial charge is 0.293 e. The second-order valence-electron chi connectivity index (χ2n) is 4.75. The highest BCUT2D eigenvalue weighted by molar-refractivity contribution is 7.99. The van der Waals surface area contributed by atoms with Gasteiger partial charge in [-0.25, -0.2) is 9.89 Å². The Morgan fingerprint density at radius 2 is 2.14 bits per heavy atom. The molecular formula is C13H11Cl2N3O2S. The largest absolute Gasteiger partial charge is 0.344 e. The Morgan fingerprint density at radius 3 is 2.81 bits per heavy atom. The first-order valence-corrected chi connectivity index (χ1v) is 8.08. The van der Waals surface area contributed by atoms with Crippen LogP contribution >= 0.6 is 35.0 Å². The SMILES string of the molecule is O=C(CSc1n[nH]c(=O)n1C1CC1)c1ccc(Cl)c(Cl)c1. The molecular weight excluding hydrogens is 333 g/mol. The topological polar surface area (TPSA) is 67.8 Å². The summed E-state index contributed by atoms with van der Waals surface area (Å²) < 4.78 is 1.62. The number of Topliss-reactive ketones (excluding diaryl/α,β-unsaturated/α-hetero) is 1. The lowest BCUT2D eigenvalue weighted by Crippen LogP contribution is -2.16. The minimum absolute atomic E-state index is 0.0867. The Hall–Kier alpha value is -1.24. The third kappa shape index (κ3) is 3.17. The van der Waals surface area contributed by atoms with E-state index in [0.717, 1.165) is 12.8 Å². The summed E-state index contributed by atoms with van der Waals surface area (Å²) in [6.07, 6.45) is 1.96. The van der Waals surface area contributed by atoms with E-state index in [4.69, 9.17) is 23.2 Å². The van der Waals surface area contributed by atoms with E-state index < -0.39 is 0 Å². The number of aromatic nitrogens is 3. The van der Waals surface area contributed by atoms with E-state index in [9.17, 15) is 9.59 Å². The number of aromatic amines is 1. The molecule has 8 heteroatoms. The number of halogens is 2. The lowest BCUT2D eigenvalue weighted by atomic mass is 10.1. The van der Waals surface area contributed by atoms with Crippen LogP contribution in [0, 0.1) is 0 Å². The molecule has 0 atom stereocenters. The van der Waals surface area contributed by atoms with Crippen LogP contribution in [0.1, 0.15) is 29.2 Å². The molecule has 0 unspecified atom stereocenters. The Kier molecular flexibility index (Phi) is 4.10. The van der Waals surface area contributed by atoms with Gasteiger partial charge in [-0.3, -0.25) is 9.36 Å². The summed E-state index contributed by atoms with van der Waals surface area (Å²) in [7, 11) is 0. The van der Waals surface area contributed by atoms with Gasteiger partial charge in [-0.05, 0) is 31.0 Å². The first-order valence-electron chi connectivity index (χ1n) is 6.34. The average molecular weight is 344 g/mol. The maximum absolute atomic E-state index is 12.1. The van der Waals surface area contributed by atoms with E-state index in [-0.39, 0.29) is 23.3 Å². The van der Waals surface area contributed by atoms with Gasteiger partial charge in [-0.2, -0.15) is 0 Å². The van der Waals surface area contributed by atoms with Gasteiger partial charge in [0.15, 0.2) is 10.9 Å². The number of nitrogens with one attached hydrogen (secondary N) is 1. The number of H-pyrrole nitrogens is 1. The molecule has 0 amide bonds. The van der Waals surface area contributed by atoms with Gasteiger partial charge < -0.3 is 0 Å². The Morgan fingerprint density at radius 1 is 1.38 bits per heavy atom. The fourth-order valence-electron chi connectivity index (χ4n) is 1.93. The molecule has 1 saturated carbocycles. The molecule has 0 bridgehead atoms. The number of rotatable bonds is 5. The molecule has 21 heavy (non-hydrogen) atoms. The predicted octanol–water partition coefficient (Wildman–Crippen LogP) is 3.19. The average Bonchev–Trinajstić information content (AvgIpc) is 3.23. The number of hydrogen-bond donors (Lipinski definition) is 1. The van der Waals surface area contributed by atoms with Gasteiger partial charge in [-0.1, -0.05) is 35.0 Å². The van der Waals surface area contributed by atoms with Crippen LogP contribution in [0.5, 0.6) is 0 Å². The molecule has 0 spiro atoms. The molecule has 1 aliphatic rings. The number of carbonyl (C=O) groups excluding carboxylic acids is 1. The monoisotopic (exact) mass is 343 g/mol. The number of ketones is 1. The van der Waals surface area contributed by atoms with Crippen LogP contribution in [0.4, 0.5) is 0 Å². The lowest BCUT2D eigenvalue weighted by molar-refractivity contribution is 0.102. The zero-order valence-corrected chi connectivity index (χ0v) is 13.1. The molecule has 5 nitrogen and oxygen atoms in total. The third-order valence-corrected chi connectivity index (χ3v) is 4.85. The Labute approximate surface area is 134 Å². The van der Waals surface area contributed by atoms with Gasteiger partial charge in [0.2, 0.25) is 0 Å². The molecule has 1 heterocycles. The lowest BCUT2D eigenvalue weighted by Gasteiger charge is -2.04. The van der Waals surface area contributed by atoms with Crippen LogP contribution in [0.15, 0.2) is 28.2 Å². The maximum atomic E-state index is 12.1. The molecule has 0 aliphatic heterocycles. The Balaban J connectivity index is 1.71. The minimum atomic E-state index is -0.220. The van der Waals surface area contributed by atoms with E-state index in [1.54, 1.807) is 22.8 Å². The van der Waals surface area contributed by atoms with Crippen LogP contribution < -0.4 is 5.69 Å². The zero-order valence-electron chi connectivity index (χ0n) is 10.8. The molecule has 2 aromatic rings. The van der Waals surface area contributed by atoms with Crippen molar-refractivity contribution in [2.24, 2.45) is 0 Å². The summed E-state index contributed by atoms with van der Waals surface area (Å²) in [5, 5.41) is 7.70. The summed E-state index contributed by atoms with van der Waals surface area (Å²) in [5.74, 6) is 0.103. The number of benzene rings is 1. The first kappa shape index (κ1) is 14.7. The van der Waals surface area contributed by atoms with Gasteiger partial charge in [0.1, 0.15) is 0 Å². The summed E-state index contributed by atoms with van der Waals surface area (Å²) in [4.78, 5) is 23.8. The number of hydrogen-bond acceptors (Lipinski definition) is 4. The van der Waals surface area contributed by atoms with E-state index in [2.05, 4.69) is 10.2 Å². The molecule has 0 saturated heterocycles. The standard InChI is InChI=1S/C13H11Cl2N3O2S/c14-9-4-1-7(5-10(9)15)11(19)6-21-13-17-16-12(20)18(13)8-2-3-8/h1,4-5,8H,2-3,6H2,(H,16,20). The van der Waals surface area contributed by atoms with Crippen molar-refractivity contribution >= 4 is 40.7 Å². The van der Waals surface area contributed by atoms with E-state index in [0.29, 0.717) is 20.8 Å². The first-order chi connectivity index (χ1) is 10.1. The molecule has 1 N–H and O–H groups in total. The molecule has 3 rings (SSSR count). The van der Waals surface area contributed by atoms with Crippen molar-refractivity contribution < 1.29 is 4.79 Å². The van der Waals surface area contributed by atoms with Crippen molar-refractivity contribution in [3.05, 3.63) is 44.3 Å². The number of nitrogens with zero attached hydrogens (tertiary/aromatic N) is 2. The van der Waals surface area contributed by atoms with Crippen LogP contribution in [-0.2, 0) is 0 Å². The fourth-order valence-corrected chi connectivity index (χ4v) is 3.14. The van der Waals surface area contributed by atoms with Crippen molar-refractivity contribution in [1.82, 2.24) is 14.8 Å². The maximum Gasteiger partial charge on any atom is 0.344 e. The van der Waals surface area contributed by atoms with Crippen molar-refractivity contribution in [3.63, 3.8) is 0 Å².